The molecule has 2 aliphatic rings. The van der Waals surface area contributed by atoms with Crippen molar-refractivity contribution in [2.24, 2.45) is 16.3 Å². The Bertz CT molecular complexity index is 547. The third-order valence-electron chi connectivity index (χ3n) is 5.61. The van der Waals surface area contributed by atoms with Gasteiger partial charge >= 0.3 is 0 Å². The number of guanidine groups is 1. The lowest BCUT2D eigenvalue weighted by atomic mass is 9.88. The molecule has 1 saturated carbocycles. The van der Waals surface area contributed by atoms with Crippen LogP contribution in [0.4, 0.5) is 0 Å². The molecule has 0 aromatic heterocycles. The molecule has 2 rings (SSSR count). The first kappa shape index (κ1) is 25.0. The molecule has 1 atom stereocenters. The molecule has 3 N–H and O–H groups in total. The molecule has 1 unspecified atom stereocenters. The molecule has 2 amide bonds. The highest BCUT2D eigenvalue weighted by atomic mass is 127. The highest BCUT2D eigenvalue weighted by Crippen LogP contribution is 2.26. The number of hydrogen-bond donors (Lipinski definition) is 3. The second kappa shape index (κ2) is 11.8. The van der Waals surface area contributed by atoms with Crippen LogP contribution in [0, 0.1) is 11.3 Å². The molecule has 1 aliphatic heterocycles. The Balaban J connectivity index is 0.00000392. The van der Waals surface area contributed by atoms with Crippen LogP contribution in [0.5, 0.6) is 0 Å². The van der Waals surface area contributed by atoms with Crippen LogP contribution in [0.1, 0.15) is 59.3 Å². The molecular formula is C20H38IN5O2. The van der Waals surface area contributed by atoms with Gasteiger partial charge in [0.25, 0.3) is 0 Å². The van der Waals surface area contributed by atoms with Gasteiger partial charge in [0, 0.05) is 38.6 Å². The van der Waals surface area contributed by atoms with Crippen LogP contribution >= 0.6 is 24.0 Å². The number of hydrogen-bond acceptors (Lipinski definition) is 3. The van der Waals surface area contributed by atoms with Crippen molar-refractivity contribution in [3.05, 3.63) is 0 Å². The summed E-state index contributed by atoms with van der Waals surface area (Å²) in [5.74, 6) is 1.26. The summed E-state index contributed by atoms with van der Waals surface area (Å²) in [5.41, 5.74) is -0.560. The fourth-order valence-electron chi connectivity index (χ4n) is 3.89. The van der Waals surface area contributed by atoms with Crippen LogP contribution in [0.15, 0.2) is 4.99 Å². The fourth-order valence-corrected chi connectivity index (χ4v) is 3.89. The lowest BCUT2D eigenvalue weighted by Crippen LogP contribution is -2.46. The first-order valence-corrected chi connectivity index (χ1v) is 10.4. The van der Waals surface area contributed by atoms with Gasteiger partial charge in [-0.05, 0) is 40.0 Å². The molecule has 1 heterocycles. The van der Waals surface area contributed by atoms with E-state index in [1.54, 1.807) is 7.05 Å². The van der Waals surface area contributed by atoms with E-state index in [0.717, 1.165) is 38.9 Å². The highest BCUT2D eigenvalue weighted by Gasteiger charge is 2.32. The Morgan fingerprint density at radius 2 is 1.82 bits per heavy atom. The predicted molar refractivity (Wildman–Crippen MR) is 124 cm³/mol. The number of amides is 2. The second-order valence-electron chi connectivity index (χ2n) is 8.41. The maximum Gasteiger partial charge on any atom is 0.227 e. The minimum Gasteiger partial charge on any atom is -0.359 e. The van der Waals surface area contributed by atoms with Crippen LogP contribution < -0.4 is 16.0 Å². The van der Waals surface area contributed by atoms with Crippen LogP contribution in [0.2, 0.25) is 0 Å². The summed E-state index contributed by atoms with van der Waals surface area (Å²) in [4.78, 5) is 31.3. The fraction of sp³-hybridized carbons (Fsp3) is 0.850. The number of carbonyl (C=O) groups excluding carboxylic acids is 2. The molecule has 28 heavy (non-hydrogen) atoms. The van der Waals surface area contributed by atoms with Crippen LogP contribution in [-0.4, -0.2) is 61.9 Å². The van der Waals surface area contributed by atoms with E-state index in [0.29, 0.717) is 18.4 Å². The zero-order chi connectivity index (χ0) is 19.9. The molecule has 0 bridgehead atoms. The first-order chi connectivity index (χ1) is 12.9. The van der Waals surface area contributed by atoms with Crippen molar-refractivity contribution in [1.82, 2.24) is 20.9 Å². The molecule has 162 valence electrons. The van der Waals surface area contributed by atoms with Gasteiger partial charge in [-0.15, -0.1) is 24.0 Å². The van der Waals surface area contributed by atoms with Crippen molar-refractivity contribution in [1.29, 1.82) is 0 Å². The Labute approximate surface area is 186 Å². The first-order valence-electron chi connectivity index (χ1n) is 10.4. The summed E-state index contributed by atoms with van der Waals surface area (Å²) in [5, 5.41) is 9.39. The number of nitrogens with zero attached hydrogens (tertiary/aromatic N) is 2. The lowest BCUT2D eigenvalue weighted by Gasteiger charge is -2.26. The predicted octanol–water partition coefficient (Wildman–Crippen LogP) is 2.11. The number of halogens is 1. The zero-order valence-electron chi connectivity index (χ0n) is 17.8. The Morgan fingerprint density at radius 1 is 1.14 bits per heavy atom. The monoisotopic (exact) mass is 507 g/mol. The summed E-state index contributed by atoms with van der Waals surface area (Å²) < 4.78 is 0. The molecule has 1 aliphatic carbocycles. The van der Waals surface area contributed by atoms with E-state index in [1.807, 2.05) is 25.7 Å². The lowest BCUT2D eigenvalue weighted by molar-refractivity contribution is -0.135. The van der Waals surface area contributed by atoms with E-state index in [1.165, 1.54) is 19.3 Å². The number of aliphatic imine (C=N–C) groups is 1. The van der Waals surface area contributed by atoms with Crippen molar-refractivity contribution in [3.63, 3.8) is 0 Å². The standard InChI is InChI=1S/C20H37N5O2.HI/c1-5-22-19(23-14-20(2,3)18(27)21-4)24-16-11-12-25(13-16)17(26)15-9-7-6-8-10-15;/h15-16H,5-14H2,1-4H3,(H,21,27)(H2,22,23,24);1H. The van der Waals surface area contributed by atoms with Gasteiger partial charge in [-0.2, -0.15) is 0 Å². The van der Waals surface area contributed by atoms with Gasteiger partial charge in [-0.3, -0.25) is 14.6 Å². The molecule has 7 nitrogen and oxygen atoms in total. The molecule has 0 radical (unpaired) electrons. The van der Waals surface area contributed by atoms with Crippen LogP contribution in [0.25, 0.3) is 0 Å². The van der Waals surface area contributed by atoms with Gasteiger partial charge in [0.15, 0.2) is 5.96 Å². The minimum absolute atomic E-state index is 0. The average molecular weight is 507 g/mol. The Morgan fingerprint density at radius 3 is 2.43 bits per heavy atom. The van der Waals surface area contributed by atoms with E-state index < -0.39 is 5.41 Å². The molecule has 8 heteroatoms. The van der Waals surface area contributed by atoms with Gasteiger partial charge in [0.1, 0.15) is 0 Å². The van der Waals surface area contributed by atoms with Gasteiger partial charge < -0.3 is 20.9 Å². The summed E-state index contributed by atoms with van der Waals surface area (Å²) in [7, 11) is 1.65. The number of likely N-dealkylation sites (tertiary alicyclic amines) is 1. The number of nitrogens with one attached hydrogen (secondary N) is 3. The molecule has 0 aromatic rings. The third kappa shape index (κ3) is 7.08. The van der Waals surface area contributed by atoms with Crippen LogP contribution in [-0.2, 0) is 9.59 Å². The van der Waals surface area contributed by atoms with Crippen molar-refractivity contribution in [2.45, 2.75) is 65.3 Å². The topological polar surface area (TPSA) is 85.8 Å². The van der Waals surface area contributed by atoms with Crippen molar-refractivity contribution < 1.29 is 9.59 Å². The van der Waals surface area contributed by atoms with E-state index in [2.05, 4.69) is 20.9 Å². The highest BCUT2D eigenvalue weighted by molar-refractivity contribution is 14.0. The van der Waals surface area contributed by atoms with Crippen molar-refractivity contribution in [3.8, 4) is 0 Å². The number of rotatable bonds is 6. The summed E-state index contributed by atoms with van der Waals surface area (Å²) in [6.07, 6.45) is 6.66. The summed E-state index contributed by atoms with van der Waals surface area (Å²) in [6.45, 7) is 8.50. The SMILES string of the molecule is CCNC(=NCC(C)(C)C(=O)NC)NC1CCN(C(=O)C2CCCCC2)C1.I. The summed E-state index contributed by atoms with van der Waals surface area (Å²) >= 11 is 0. The van der Waals surface area contributed by atoms with Crippen molar-refractivity contribution >= 4 is 41.8 Å². The van der Waals surface area contributed by atoms with Gasteiger partial charge in [0.05, 0.1) is 12.0 Å². The average Bonchev–Trinajstić information content (AvgIpc) is 3.14. The third-order valence-corrected chi connectivity index (χ3v) is 5.61. The van der Waals surface area contributed by atoms with Gasteiger partial charge in [0.2, 0.25) is 11.8 Å². The Kier molecular flexibility index (Phi) is 10.5. The molecule has 0 spiro atoms. The van der Waals surface area contributed by atoms with Gasteiger partial charge in [-0.1, -0.05) is 19.3 Å². The summed E-state index contributed by atoms with van der Waals surface area (Å²) in [6, 6.07) is 0.207. The molecule has 0 aromatic carbocycles. The maximum atomic E-state index is 12.7. The second-order valence-corrected chi connectivity index (χ2v) is 8.41. The van der Waals surface area contributed by atoms with E-state index >= 15 is 0 Å². The Hall–Kier alpha value is -1.06. The van der Waals surface area contributed by atoms with E-state index in [4.69, 9.17) is 0 Å². The van der Waals surface area contributed by atoms with E-state index in [9.17, 15) is 9.59 Å². The molecule has 2 fully saturated rings. The smallest absolute Gasteiger partial charge is 0.227 e. The number of carbonyl (C=O) groups is 2. The molecular weight excluding hydrogens is 469 g/mol. The van der Waals surface area contributed by atoms with Gasteiger partial charge in [-0.25, -0.2) is 0 Å². The van der Waals surface area contributed by atoms with Crippen molar-refractivity contribution in [2.75, 3.05) is 33.2 Å². The normalized spacial score (nSPS) is 21.1. The van der Waals surface area contributed by atoms with Crippen LogP contribution in [0.3, 0.4) is 0 Å². The maximum absolute atomic E-state index is 12.7. The minimum atomic E-state index is -0.560. The zero-order valence-corrected chi connectivity index (χ0v) is 20.2. The largest absolute Gasteiger partial charge is 0.359 e. The quantitative estimate of drug-likeness (QED) is 0.292. The molecule has 1 saturated heterocycles. The van der Waals surface area contributed by atoms with E-state index in [-0.39, 0.29) is 41.8 Å².